The van der Waals surface area contributed by atoms with Crippen molar-refractivity contribution >= 4 is 15.9 Å². The third-order valence-corrected chi connectivity index (χ3v) is 6.94. The zero-order chi connectivity index (χ0) is 20.3. The Morgan fingerprint density at radius 3 is 2.39 bits per heavy atom. The zero-order valence-corrected chi connectivity index (χ0v) is 16.7. The number of piperidine rings is 1. The van der Waals surface area contributed by atoms with E-state index in [1.54, 1.807) is 23.1 Å². The third kappa shape index (κ3) is 4.90. The molecule has 3 rings (SSSR count). The summed E-state index contributed by atoms with van der Waals surface area (Å²) in [4.78, 5) is 14.3. The lowest BCUT2D eigenvalue weighted by molar-refractivity contribution is -0.136. The fourth-order valence-corrected chi connectivity index (χ4v) is 4.66. The Labute approximate surface area is 165 Å². The number of sulfonamides is 1. The van der Waals surface area contributed by atoms with Crippen molar-refractivity contribution in [1.82, 2.24) is 9.62 Å². The summed E-state index contributed by atoms with van der Waals surface area (Å²) in [7, 11) is -3.75. The molecule has 2 heterocycles. The lowest BCUT2D eigenvalue weighted by atomic mass is 9.98. The smallest absolute Gasteiger partial charge is 0.240 e. The molecule has 1 amide bonds. The highest BCUT2D eigenvalue weighted by molar-refractivity contribution is 7.89. The zero-order valence-electron chi connectivity index (χ0n) is 15.9. The van der Waals surface area contributed by atoms with Crippen LogP contribution < -0.4 is 4.72 Å². The van der Waals surface area contributed by atoms with Crippen molar-refractivity contribution in [2.75, 3.05) is 19.6 Å². The molecule has 1 aromatic carbocycles. The lowest BCUT2D eigenvalue weighted by Gasteiger charge is -2.31. The Bertz CT molecular complexity index is 764. The molecule has 0 unspecified atom stereocenters. The molecule has 8 nitrogen and oxygen atoms in total. The maximum absolute atomic E-state index is 12.5. The summed E-state index contributed by atoms with van der Waals surface area (Å²) in [5.41, 5.74) is 0. The number of hydrogen-bond donors (Lipinski definition) is 3. The number of ether oxygens (including phenoxy) is 1. The van der Waals surface area contributed by atoms with Gasteiger partial charge in [-0.25, -0.2) is 13.1 Å². The molecule has 2 aliphatic rings. The van der Waals surface area contributed by atoms with E-state index in [1.807, 2.05) is 0 Å². The molecule has 2 fully saturated rings. The number of hydrogen-bond acceptors (Lipinski definition) is 6. The van der Waals surface area contributed by atoms with Crippen molar-refractivity contribution in [2.24, 2.45) is 5.92 Å². The van der Waals surface area contributed by atoms with Crippen LogP contribution in [-0.2, 0) is 19.6 Å². The van der Waals surface area contributed by atoms with Crippen molar-refractivity contribution in [1.29, 1.82) is 0 Å². The summed E-state index contributed by atoms with van der Waals surface area (Å²) in [6.45, 7) is 3.34. The highest BCUT2D eigenvalue weighted by Crippen LogP contribution is 2.25. The Morgan fingerprint density at radius 2 is 1.75 bits per heavy atom. The molecule has 156 valence electrons. The van der Waals surface area contributed by atoms with Crippen LogP contribution in [0.1, 0.15) is 26.2 Å². The van der Waals surface area contributed by atoms with Gasteiger partial charge in [0.05, 0.1) is 17.4 Å². The van der Waals surface area contributed by atoms with Gasteiger partial charge < -0.3 is 19.8 Å². The Morgan fingerprint density at radius 1 is 1.14 bits per heavy atom. The van der Waals surface area contributed by atoms with E-state index in [2.05, 4.69) is 11.6 Å². The first kappa shape index (κ1) is 21.2. The van der Waals surface area contributed by atoms with E-state index in [0.717, 1.165) is 12.8 Å². The maximum Gasteiger partial charge on any atom is 0.240 e. The first-order chi connectivity index (χ1) is 13.3. The molecule has 28 heavy (non-hydrogen) atoms. The van der Waals surface area contributed by atoms with E-state index in [1.165, 1.54) is 12.1 Å². The minimum Gasteiger partial charge on any atom is -0.388 e. The highest BCUT2D eigenvalue weighted by atomic mass is 32.2. The van der Waals surface area contributed by atoms with Crippen LogP contribution in [0, 0.1) is 5.92 Å². The molecule has 0 saturated carbocycles. The number of aliphatic hydroxyl groups excluding tert-OH is 2. The number of aliphatic hydroxyl groups is 2. The SMILES string of the molecule is CC1CCN(C(=O)C[C@H]2O[C@H](CNS(=O)(=O)c3ccccc3)[C@@H](O)[C@H]2O)CC1. The summed E-state index contributed by atoms with van der Waals surface area (Å²) >= 11 is 0. The van der Waals surface area contributed by atoms with E-state index >= 15 is 0 Å². The molecule has 0 spiro atoms. The summed E-state index contributed by atoms with van der Waals surface area (Å²) in [6.07, 6.45) is -2.41. The van der Waals surface area contributed by atoms with Gasteiger partial charge in [0.2, 0.25) is 15.9 Å². The number of rotatable bonds is 6. The quantitative estimate of drug-likeness (QED) is 0.610. The van der Waals surface area contributed by atoms with E-state index in [4.69, 9.17) is 4.74 Å². The molecule has 4 atom stereocenters. The van der Waals surface area contributed by atoms with Gasteiger partial charge in [0, 0.05) is 19.6 Å². The maximum atomic E-state index is 12.5. The largest absolute Gasteiger partial charge is 0.388 e. The number of benzene rings is 1. The molecule has 1 aromatic rings. The highest BCUT2D eigenvalue weighted by Gasteiger charge is 2.44. The van der Waals surface area contributed by atoms with Gasteiger partial charge in [-0.3, -0.25) is 4.79 Å². The lowest BCUT2D eigenvalue weighted by Crippen LogP contribution is -2.41. The Hall–Kier alpha value is -1.52. The topological polar surface area (TPSA) is 116 Å². The van der Waals surface area contributed by atoms with Crippen LogP contribution in [0.15, 0.2) is 35.2 Å². The molecule has 2 aliphatic heterocycles. The second kappa shape index (κ2) is 8.87. The predicted octanol–water partition coefficient (Wildman–Crippen LogP) is 0.103. The Kier molecular flexibility index (Phi) is 6.72. The minimum atomic E-state index is -3.75. The van der Waals surface area contributed by atoms with Crippen LogP contribution >= 0.6 is 0 Å². The van der Waals surface area contributed by atoms with E-state index < -0.39 is 34.4 Å². The second-order valence-corrected chi connectivity index (χ2v) is 9.39. The molecule has 3 N–H and O–H groups in total. The summed E-state index contributed by atoms with van der Waals surface area (Å²) in [5, 5.41) is 20.5. The summed E-state index contributed by atoms with van der Waals surface area (Å²) in [6, 6.07) is 7.86. The van der Waals surface area contributed by atoms with Crippen LogP contribution in [0.25, 0.3) is 0 Å². The van der Waals surface area contributed by atoms with Crippen LogP contribution in [0.5, 0.6) is 0 Å². The van der Waals surface area contributed by atoms with Gasteiger partial charge in [0.25, 0.3) is 0 Å². The van der Waals surface area contributed by atoms with Crippen molar-refractivity contribution in [2.45, 2.75) is 55.5 Å². The first-order valence-corrected chi connectivity index (χ1v) is 11.1. The number of carbonyl (C=O) groups is 1. The average molecular weight is 413 g/mol. The summed E-state index contributed by atoms with van der Waals surface area (Å²) < 4.78 is 32.6. The predicted molar refractivity (Wildman–Crippen MR) is 102 cm³/mol. The number of amides is 1. The fourth-order valence-electron chi connectivity index (χ4n) is 3.60. The molecule has 9 heteroatoms. The number of likely N-dealkylation sites (tertiary alicyclic amines) is 1. The average Bonchev–Trinajstić information content (AvgIpc) is 2.95. The standard InChI is InChI=1S/C19H28N2O6S/c1-13-7-9-21(10-8-13)17(22)11-15-18(23)19(24)16(27-15)12-20-28(25,26)14-5-3-2-4-6-14/h2-6,13,15-16,18-20,23-24H,7-12H2,1H3/t15-,16-,18+,19-/m1/s1. The van der Waals surface area contributed by atoms with Gasteiger partial charge in [0.15, 0.2) is 0 Å². The van der Waals surface area contributed by atoms with Crippen LogP contribution in [-0.4, -0.2) is 73.5 Å². The normalized spacial score (nSPS) is 29.2. The van der Waals surface area contributed by atoms with E-state index in [9.17, 15) is 23.4 Å². The van der Waals surface area contributed by atoms with Gasteiger partial charge in [-0.05, 0) is 30.9 Å². The van der Waals surface area contributed by atoms with Crippen molar-refractivity contribution in [3.63, 3.8) is 0 Å². The molecular formula is C19H28N2O6S. The number of nitrogens with zero attached hydrogens (tertiary/aromatic N) is 1. The van der Waals surface area contributed by atoms with Gasteiger partial charge in [-0.15, -0.1) is 0 Å². The number of carbonyl (C=O) groups excluding carboxylic acids is 1. The van der Waals surface area contributed by atoms with Crippen LogP contribution in [0.2, 0.25) is 0 Å². The van der Waals surface area contributed by atoms with Gasteiger partial charge >= 0.3 is 0 Å². The van der Waals surface area contributed by atoms with E-state index in [-0.39, 0.29) is 23.8 Å². The van der Waals surface area contributed by atoms with Crippen molar-refractivity contribution in [3.05, 3.63) is 30.3 Å². The molecule has 0 bridgehead atoms. The number of nitrogens with one attached hydrogen (secondary N) is 1. The van der Waals surface area contributed by atoms with Gasteiger partial charge in [-0.1, -0.05) is 25.1 Å². The molecule has 2 saturated heterocycles. The third-order valence-electron chi connectivity index (χ3n) is 5.50. The van der Waals surface area contributed by atoms with Gasteiger partial charge in [0.1, 0.15) is 18.3 Å². The summed E-state index contributed by atoms with van der Waals surface area (Å²) in [5.74, 6) is 0.481. The monoisotopic (exact) mass is 412 g/mol. The van der Waals surface area contributed by atoms with Crippen molar-refractivity contribution < 1.29 is 28.2 Å². The van der Waals surface area contributed by atoms with Crippen molar-refractivity contribution in [3.8, 4) is 0 Å². The fraction of sp³-hybridized carbons (Fsp3) is 0.632. The van der Waals surface area contributed by atoms with Crippen LogP contribution in [0.4, 0.5) is 0 Å². The molecule has 0 aliphatic carbocycles. The molecular weight excluding hydrogens is 384 g/mol. The Balaban J connectivity index is 1.54. The van der Waals surface area contributed by atoms with Crippen LogP contribution in [0.3, 0.4) is 0 Å². The second-order valence-electron chi connectivity index (χ2n) is 7.63. The minimum absolute atomic E-state index is 0.0332. The first-order valence-electron chi connectivity index (χ1n) is 9.62. The van der Waals surface area contributed by atoms with E-state index in [0.29, 0.717) is 19.0 Å². The molecule has 0 radical (unpaired) electrons. The van der Waals surface area contributed by atoms with Gasteiger partial charge in [-0.2, -0.15) is 0 Å². The molecule has 0 aromatic heterocycles.